The Kier molecular flexibility index (Phi) is 4.43. The van der Waals surface area contributed by atoms with E-state index < -0.39 is 6.10 Å². The summed E-state index contributed by atoms with van der Waals surface area (Å²) < 4.78 is 0. The Morgan fingerprint density at radius 1 is 1.29 bits per heavy atom. The molecule has 0 spiro atoms. The molecule has 14 heavy (non-hydrogen) atoms. The topological polar surface area (TPSA) is 52.5 Å². The highest BCUT2D eigenvalue weighted by Gasteiger charge is 2.00. The van der Waals surface area contributed by atoms with Gasteiger partial charge in [-0.25, -0.2) is 0 Å². The number of nitrogens with one attached hydrogen (secondary N) is 1. The molecule has 0 fully saturated rings. The number of anilines is 1. The molecule has 78 valence electrons. The summed E-state index contributed by atoms with van der Waals surface area (Å²) in [6.07, 6.45) is 0.334. The first-order chi connectivity index (χ1) is 6.76. The van der Waals surface area contributed by atoms with Crippen molar-refractivity contribution in [2.75, 3.05) is 18.5 Å². The zero-order valence-electron chi connectivity index (χ0n) is 8.40. The fourth-order valence-corrected chi connectivity index (χ4v) is 1.16. The molecular weight excluding hydrogens is 178 g/mol. The van der Waals surface area contributed by atoms with Gasteiger partial charge in [0.2, 0.25) is 0 Å². The van der Waals surface area contributed by atoms with Gasteiger partial charge in [0, 0.05) is 12.2 Å². The Morgan fingerprint density at radius 2 is 1.93 bits per heavy atom. The van der Waals surface area contributed by atoms with Gasteiger partial charge in [0.15, 0.2) is 0 Å². The van der Waals surface area contributed by atoms with Gasteiger partial charge in [0.05, 0.1) is 12.7 Å². The van der Waals surface area contributed by atoms with E-state index in [9.17, 15) is 0 Å². The maximum Gasteiger partial charge on any atom is 0.0942 e. The first kappa shape index (κ1) is 11.0. The first-order valence-electron chi connectivity index (χ1n) is 4.88. The van der Waals surface area contributed by atoms with Gasteiger partial charge in [0.25, 0.3) is 0 Å². The van der Waals surface area contributed by atoms with E-state index in [2.05, 4.69) is 12.2 Å². The van der Waals surface area contributed by atoms with Gasteiger partial charge in [-0.05, 0) is 24.1 Å². The predicted molar refractivity (Wildman–Crippen MR) is 57.4 cm³/mol. The Hall–Kier alpha value is -1.06. The van der Waals surface area contributed by atoms with E-state index in [4.69, 9.17) is 10.2 Å². The van der Waals surface area contributed by atoms with Crippen LogP contribution in [0.3, 0.4) is 0 Å². The molecule has 1 atom stereocenters. The van der Waals surface area contributed by atoms with Crippen LogP contribution < -0.4 is 5.32 Å². The number of aryl methyl sites for hydroxylation is 1. The van der Waals surface area contributed by atoms with E-state index in [1.165, 1.54) is 5.56 Å². The van der Waals surface area contributed by atoms with Crippen molar-refractivity contribution in [3.05, 3.63) is 29.8 Å². The van der Waals surface area contributed by atoms with Crippen LogP contribution in [0.2, 0.25) is 0 Å². The summed E-state index contributed by atoms with van der Waals surface area (Å²) in [7, 11) is 0. The maximum atomic E-state index is 9.11. The lowest BCUT2D eigenvalue weighted by molar-refractivity contribution is 0.105. The quantitative estimate of drug-likeness (QED) is 0.657. The van der Waals surface area contributed by atoms with Gasteiger partial charge in [-0.3, -0.25) is 0 Å². The van der Waals surface area contributed by atoms with Gasteiger partial charge in [-0.1, -0.05) is 19.1 Å². The van der Waals surface area contributed by atoms with E-state index in [0.29, 0.717) is 6.54 Å². The Bertz CT molecular complexity index is 258. The third-order valence-corrected chi connectivity index (χ3v) is 2.11. The molecule has 0 aromatic heterocycles. The third-order valence-electron chi connectivity index (χ3n) is 2.11. The molecule has 3 nitrogen and oxygen atoms in total. The van der Waals surface area contributed by atoms with Gasteiger partial charge in [-0.15, -0.1) is 0 Å². The van der Waals surface area contributed by atoms with Crippen LogP contribution in [0.4, 0.5) is 5.69 Å². The summed E-state index contributed by atoms with van der Waals surface area (Å²) in [4.78, 5) is 0. The van der Waals surface area contributed by atoms with Crippen molar-refractivity contribution in [3.63, 3.8) is 0 Å². The van der Waals surface area contributed by atoms with Crippen molar-refractivity contribution in [1.82, 2.24) is 0 Å². The highest BCUT2D eigenvalue weighted by Crippen LogP contribution is 2.09. The van der Waals surface area contributed by atoms with Crippen molar-refractivity contribution >= 4 is 5.69 Å². The van der Waals surface area contributed by atoms with Crippen molar-refractivity contribution in [2.24, 2.45) is 0 Å². The molecule has 3 N–H and O–H groups in total. The minimum absolute atomic E-state index is 0.208. The van der Waals surface area contributed by atoms with Crippen LogP contribution in [0.1, 0.15) is 12.5 Å². The summed E-state index contributed by atoms with van der Waals surface area (Å²) in [5, 5.41) is 20.7. The second-order valence-electron chi connectivity index (χ2n) is 3.27. The van der Waals surface area contributed by atoms with Crippen LogP contribution in [0.15, 0.2) is 24.3 Å². The highest BCUT2D eigenvalue weighted by atomic mass is 16.3. The molecule has 0 radical (unpaired) electrons. The molecule has 1 rings (SSSR count). The summed E-state index contributed by atoms with van der Waals surface area (Å²) in [5.74, 6) is 0. The number of hydrogen-bond donors (Lipinski definition) is 3. The Labute approximate surface area is 84.4 Å². The average molecular weight is 195 g/mol. The van der Waals surface area contributed by atoms with Crippen molar-refractivity contribution in [1.29, 1.82) is 0 Å². The van der Waals surface area contributed by atoms with Crippen LogP contribution in [0.5, 0.6) is 0 Å². The number of benzene rings is 1. The van der Waals surface area contributed by atoms with Gasteiger partial charge in [-0.2, -0.15) is 0 Å². The average Bonchev–Trinajstić information content (AvgIpc) is 2.26. The Morgan fingerprint density at radius 3 is 2.43 bits per heavy atom. The van der Waals surface area contributed by atoms with Crippen molar-refractivity contribution < 1.29 is 10.2 Å². The molecule has 1 unspecified atom stereocenters. The lowest BCUT2D eigenvalue weighted by atomic mass is 10.1. The van der Waals surface area contributed by atoms with Crippen LogP contribution in [-0.4, -0.2) is 29.5 Å². The molecule has 0 aliphatic carbocycles. The van der Waals surface area contributed by atoms with E-state index in [0.717, 1.165) is 12.1 Å². The van der Waals surface area contributed by atoms with Gasteiger partial charge < -0.3 is 15.5 Å². The molecule has 3 heteroatoms. The number of hydrogen-bond acceptors (Lipinski definition) is 3. The summed E-state index contributed by atoms with van der Waals surface area (Å²) in [6.45, 7) is 2.28. The third kappa shape index (κ3) is 3.36. The zero-order valence-corrected chi connectivity index (χ0v) is 8.40. The van der Waals surface area contributed by atoms with Crippen LogP contribution >= 0.6 is 0 Å². The molecule has 0 saturated heterocycles. The lowest BCUT2D eigenvalue weighted by Gasteiger charge is -2.10. The predicted octanol–water partition coefficient (Wildman–Crippen LogP) is 1.01. The molecule has 0 heterocycles. The number of aliphatic hydroxyl groups excluding tert-OH is 2. The maximum absolute atomic E-state index is 9.11. The minimum atomic E-state index is -0.694. The monoisotopic (exact) mass is 195 g/mol. The standard InChI is InChI=1S/C11H17NO2/c1-2-9-3-5-10(6-4-9)12-7-11(14)8-13/h3-6,11-14H,2,7-8H2,1H3. The largest absolute Gasteiger partial charge is 0.394 e. The molecule has 1 aromatic carbocycles. The van der Waals surface area contributed by atoms with Gasteiger partial charge >= 0.3 is 0 Å². The molecular formula is C11H17NO2. The fourth-order valence-electron chi connectivity index (χ4n) is 1.16. The minimum Gasteiger partial charge on any atom is -0.394 e. The summed E-state index contributed by atoms with van der Waals surface area (Å²) in [5.41, 5.74) is 2.26. The molecule has 0 amide bonds. The van der Waals surface area contributed by atoms with Crippen LogP contribution in [0, 0.1) is 0 Å². The van der Waals surface area contributed by atoms with Crippen LogP contribution in [-0.2, 0) is 6.42 Å². The van der Waals surface area contributed by atoms with Crippen molar-refractivity contribution in [2.45, 2.75) is 19.4 Å². The zero-order chi connectivity index (χ0) is 10.4. The highest BCUT2D eigenvalue weighted by molar-refractivity contribution is 5.44. The summed E-state index contributed by atoms with van der Waals surface area (Å²) >= 11 is 0. The molecule has 0 aliphatic heterocycles. The molecule has 0 saturated carbocycles. The van der Waals surface area contributed by atoms with E-state index in [1.807, 2.05) is 24.3 Å². The fraction of sp³-hybridized carbons (Fsp3) is 0.455. The second-order valence-corrected chi connectivity index (χ2v) is 3.27. The molecule has 0 aliphatic rings. The molecule has 0 bridgehead atoms. The number of rotatable bonds is 5. The molecule has 1 aromatic rings. The van der Waals surface area contributed by atoms with Crippen molar-refractivity contribution in [3.8, 4) is 0 Å². The number of aliphatic hydroxyl groups is 2. The van der Waals surface area contributed by atoms with Gasteiger partial charge in [0.1, 0.15) is 0 Å². The normalized spacial score (nSPS) is 12.5. The summed E-state index contributed by atoms with van der Waals surface area (Å²) in [6, 6.07) is 8.05. The SMILES string of the molecule is CCc1ccc(NCC(O)CO)cc1. The Balaban J connectivity index is 2.43. The van der Waals surface area contributed by atoms with E-state index in [-0.39, 0.29) is 6.61 Å². The van der Waals surface area contributed by atoms with E-state index in [1.54, 1.807) is 0 Å². The lowest BCUT2D eigenvalue weighted by Crippen LogP contribution is -2.22. The first-order valence-corrected chi connectivity index (χ1v) is 4.88. The van der Waals surface area contributed by atoms with E-state index >= 15 is 0 Å². The van der Waals surface area contributed by atoms with Crippen LogP contribution in [0.25, 0.3) is 0 Å². The smallest absolute Gasteiger partial charge is 0.0942 e. The second kappa shape index (κ2) is 5.62.